The maximum absolute atomic E-state index is 10.4. The van der Waals surface area contributed by atoms with Crippen LogP contribution in [0.2, 0.25) is 0 Å². The van der Waals surface area contributed by atoms with Gasteiger partial charge in [-0.05, 0) is 32.4 Å². The number of aryl methyl sites for hydroxylation is 2. The second kappa shape index (κ2) is 12.2. The van der Waals surface area contributed by atoms with E-state index in [2.05, 4.69) is 22.1 Å². The number of nitrogens with zero attached hydrogens (tertiary/aromatic N) is 2. The molecule has 2 N–H and O–H groups in total. The number of nitrogens with one attached hydrogen (secondary N) is 1. The predicted octanol–water partition coefficient (Wildman–Crippen LogP) is 2.25. The van der Waals surface area contributed by atoms with Crippen LogP contribution >= 0.6 is 11.3 Å². The van der Waals surface area contributed by atoms with Crippen molar-refractivity contribution in [1.82, 2.24) is 15.2 Å². The second-order valence-corrected chi connectivity index (χ2v) is 8.41. The van der Waals surface area contributed by atoms with Crippen molar-refractivity contribution in [2.24, 2.45) is 0 Å². The standard InChI is InChI=1S/C22H33N3O4S/c1-17-21(30-16-24-17)7-4-8-23-13-18-5-3-6-20(27-2)22(18)29-15-19(26)14-25-9-11-28-12-10-25/h3,5-6,16,19,23,26H,4,7-15H2,1-2H3. The molecule has 1 fully saturated rings. The van der Waals surface area contributed by atoms with E-state index in [4.69, 9.17) is 14.2 Å². The van der Waals surface area contributed by atoms with Gasteiger partial charge < -0.3 is 24.6 Å². The average Bonchev–Trinajstić information content (AvgIpc) is 3.17. The minimum Gasteiger partial charge on any atom is -0.493 e. The van der Waals surface area contributed by atoms with Crippen molar-refractivity contribution in [3.8, 4) is 11.5 Å². The SMILES string of the molecule is COc1cccc(CNCCCc2scnc2C)c1OCC(O)CN1CCOCC1. The zero-order chi connectivity index (χ0) is 21.2. The smallest absolute Gasteiger partial charge is 0.165 e. The third kappa shape index (κ3) is 6.92. The number of para-hydroxylation sites is 1. The number of ether oxygens (including phenoxy) is 3. The molecule has 3 rings (SSSR count). The van der Waals surface area contributed by atoms with Gasteiger partial charge in [-0.1, -0.05) is 12.1 Å². The van der Waals surface area contributed by atoms with E-state index < -0.39 is 6.10 Å². The van der Waals surface area contributed by atoms with Gasteiger partial charge >= 0.3 is 0 Å². The molecule has 0 bridgehead atoms. The fraction of sp³-hybridized carbons (Fsp3) is 0.591. The van der Waals surface area contributed by atoms with Crippen LogP contribution in [0.4, 0.5) is 0 Å². The lowest BCUT2D eigenvalue weighted by atomic mass is 10.1. The molecule has 30 heavy (non-hydrogen) atoms. The zero-order valence-corrected chi connectivity index (χ0v) is 18.7. The summed E-state index contributed by atoms with van der Waals surface area (Å²) in [6.07, 6.45) is 1.54. The number of aliphatic hydroxyl groups is 1. The minimum atomic E-state index is -0.559. The Morgan fingerprint density at radius 1 is 1.33 bits per heavy atom. The van der Waals surface area contributed by atoms with Crippen molar-refractivity contribution in [3.05, 3.63) is 39.8 Å². The fourth-order valence-electron chi connectivity index (χ4n) is 3.50. The number of hydrogen-bond donors (Lipinski definition) is 2. The van der Waals surface area contributed by atoms with Gasteiger partial charge in [0, 0.05) is 36.6 Å². The zero-order valence-electron chi connectivity index (χ0n) is 17.9. The highest BCUT2D eigenvalue weighted by Gasteiger charge is 2.17. The first-order valence-corrected chi connectivity index (χ1v) is 11.4. The molecule has 0 aliphatic carbocycles. The molecule has 2 heterocycles. The van der Waals surface area contributed by atoms with Gasteiger partial charge in [0.2, 0.25) is 0 Å². The number of benzene rings is 1. The van der Waals surface area contributed by atoms with Crippen LogP contribution in [0.3, 0.4) is 0 Å². The first-order chi connectivity index (χ1) is 14.7. The first kappa shape index (κ1) is 23.0. The van der Waals surface area contributed by atoms with Crippen LogP contribution in [-0.4, -0.2) is 74.2 Å². The maximum atomic E-state index is 10.4. The van der Waals surface area contributed by atoms with Gasteiger partial charge in [0.05, 0.1) is 31.5 Å². The molecule has 1 atom stereocenters. The maximum Gasteiger partial charge on any atom is 0.165 e. The van der Waals surface area contributed by atoms with Crippen LogP contribution in [0.1, 0.15) is 22.6 Å². The number of morpholine rings is 1. The van der Waals surface area contributed by atoms with Crippen molar-refractivity contribution < 1.29 is 19.3 Å². The lowest BCUT2D eigenvalue weighted by molar-refractivity contribution is 0.00436. The molecule has 0 spiro atoms. The summed E-state index contributed by atoms with van der Waals surface area (Å²) < 4.78 is 16.9. The average molecular weight is 436 g/mol. The van der Waals surface area contributed by atoms with Crippen LogP contribution in [0.25, 0.3) is 0 Å². The van der Waals surface area contributed by atoms with Crippen LogP contribution < -0.4 is 14.8 Å². The number of hydrogen-bond acceptors (Lipinski definition) is 8. The fourth-order valence-corrected chi connectivity index (χ4v) is 4.33. The van der Waals surface area contributed by atoms with E-state index in [1.807, 2.05) is 23.7 Å². The molecule has 1 saturated heterocycles. The molecule has 1 aromatic heterocycles. The highest BCUT2D eigenvalue weighted by molar-refractivity contribution is 7.09. The van der Waals surface area contributed by atoms with E-state index in [0.29, 0.717) is 24.6 Å². The summed E-state index contributed by atoms with van der Waals surface area (Å²) in [6, 6.07) is 5.89. The molecular formula is C22H33N3O4S. The Hall–Kier alpha value is -1.71. The van der Waals surface area contributed by atoms with Crippen LogP contribution in [-0.2, 0) is 17.7 Å². The van der Waals surface area contributed by atoms with Crippen LogP contribution in [0.15, 0.2) is 23.7 Å². The number of thiazole rings is 1. The Bertz CT molecular complexity index is 765. The second-order valence-electron chi connectivity index (χ2n) is 7.47. The van der Waals surface area contributed by atoms with Crippen molar-refractivity contribution in [3.63, 3.8) is 0 Å². The summed E-state index contributed by atoms with van der Waals surface area (Å²) in [6.45, 7) is 7.62. The first-order valence-electron chi connectivity index (χ1n) is 10.5. The molecule has 1 aromatic carbocycles. The summed E-state index contributed by atoms with van der Waals surface area (Å²) in [7, 11) is 1.64. The van der Waals surface area contributed by atoms with Crippen LogP contribution in [0, 0.1) is 6.92 Å². The number of aliphatic hydroxyl groups excluding tert-OH is 1. The monoisotopic (exact) mass is 435 g/mol. The Kier molecular flexibility index (Phi) is 9.35. The Morgan fingerprint density at radius 3 is 2.90 bits per heavy atom. The summed E-state index contributed by atoms with van der Waals surface area (Å²) in [5.74, 6) is 1.39. The van der Waals surface area contributed by atoms with Crippen molar-refractivity contribution >= 4 is 11.3 Å². The normalized spacial score (nSPS) is 15.8. The molecule has 0 radical (unpaired) electrons. The van der Waals surface area contributed by atoms with E-state index >= 15 is 0 Å². The number of aromatic nitrogens is 1. The van der Waals surface area contributed by atoms with Crippen LogP contribution in [0.5, 0.6) is 11.5 Å². The van der Waals surface area contributed by atoms with Gasteiger partial charge in [0.25, 0.3) is 0 Å². The lowest BCUT2D eigenvalue weighted by Gasteiger charge is -2.28. The minimum absolute atomic E-state index is 0.232. The summed E-state index contributed by atoms with van der Waals surface area (Å²) in [4.78, 5) is 7.86. The van der Waals surface area contributed by atoms with E-state index in [1.54, 1.807) is 18.4 Å². The van der Waals surface area contributed by atoms with Crippen molar-refractivity contribution in [2.45, 2.75) is 32.4 Å². The number of β-amino-alcohol motifs (C(OH)–C–C–N with tert-alkyl or cyclic N) is 1. The van der Waals surface area contributed by atoms with Gasteiger partial charge in [-0.15, -0.1) is 11.3 Å². The molecule has 8 heteroatoms. The van der Waals surface area contributed by atoms with Gasteiger partial charge in [-0.3, -0.25) is 4.90 Å². The van der Waals surface area contributed by atoms with E-state index in [0.717, 1.165) is 56.9 Å². The molecule has 7 nitrogen and oxygen atoms in total. The Morgan fingerprint density at radius 2 is 2.17 bits per heavy atom. The van der Waals surface area contributed by atoms with Gasteiger partial charge in [0.15, 0.2) is 11.5 Å². The quantitative estimate of drug-likeness (QED) is 0.495. The summed E-state index contributed by atoms with van der Waals surface area (Å²) >= 11 is 1.72. The highest BCUT2D eigenvalue weighted by Crippen LogP contribution is 2.31. The van der Waals surface area contributed by atoms with Gasteiger partial charge in [-0.25, -0.2) is 4.98 Å². The Labute approximate surface area is 183 Å². The molecule has 0 amide bonds. The largest absolute Gasteiger partial charge is 0.493 e. The molecule has 1 aliphatic heterocycles. The summed E-state index contributed by atoms with van der Waals surface area (Å²) in [5, 5.41) is 13.9. The molecule has 166 valence electrons. The van der Waals surface area contributed by atoms with Crippen molar-refractivity contribution in [1.29, 1.82) is 0 Å². The number of methoxy groups -OCH3 is 1. The third-order valence-electron chi connectivity index (χ3n) is 5.19. The number of rotatable bonds is 12. The molecule has 1 aliphatic rings. The topological polar surface area (TPSA) is 76.1 Å². The predicted molar refractivity (Wildman–Crippen MR) is 119 cm³/mol. The Balaban J connectivity index is 1.47. The molecule has 0 saturated carbocycles. The molecular weight excluding hydrogens is 402 g/mol. The van der Waals surface area contributed by atoms with Crippen molar-refractivity contribution in [2.75, 3.05) is 53.1 Å². The molecule has 1 unspecified atom stereocenters. The summed E-state index contributed by atoms with van der Waals surface area (Å²) in [5.41, 5.74) is 4.08. The molecule has 2 aromatic rings. The van der Waals surface area contributed by atoms with E-state index in [9.17, 15) is 5.11 Å². The van der Waals surface area contributed by atoms with E-state index in [-0.39, 0.29) is 6.61 Å². The van der Waals surface area contributed by atoms with Gasteiger partial charge in [-0.2, -0.15) is 0 Å². The lowest BCUT2D eigenvalue weighted by Crippen LogP contribution is -2.42. The van der Waals surface area contributed by atoms with Gasteiger partial charge in [0.1, 0.15) is 12.7 Å². The third-order valence-corrected chi connectivity index (χ3v) is 6.19. The van der Waals surface area contributed by atoms with E-state index in [1.165, 1.54) is 4.88 Å². The highest BCUT2D eigenvalue weighted by atomic mass is 32.1.